The summed E-state index contributed by atoms with van der Waals surface area (Å²) in [7, 11) is -2.88. The van der Waals surface area contributed by atoms with E-state index >= 15 is 0 Å². The average Bonchev–Trinajstić information content (AvgIpc) is 2.94. The van der Waals surface area contributed by atoms with Gasteiger partial charge in [-0.15, -0.1) is 0 Å². The van der Waals surface area contributed by atoms with E-state index in [2.05, 4.69) is 41.5 Å². The average molecular weight is 303 g/mol. The van der Waals surface area contributed by atoms with E-state index in [1.807, 2.05) is 0 Å². The fraction of sp³-hybridized carbons (Fsp3) is 1.00. The van der Waals surface area contributed by atoms with Crippen LogP contribution in [0.25, 0.3) is 0 Å². The van der Waals surface area contributed by atoms with Gasteiger partial charge in [0.05, 0.1) is 11.5 Å². The number of unbranched alkanes of at least 4 members (excludes halogenated alkanes) is 2. The zero-order chi connectivity index (χ0) is 15.7. The lowest BCUT2D eigenvalue weighted by Crippen LogP contribution is -2.31. The predicted molar refractivity (Wildman–Crippen MR) is 87.7 cm³/mol. The third-order valence-corrected chi connectivity index (χ3v) is 6.73. The Kier molecular flexibility index (Phi) is 5.38. The molecule has 0 spiro atoms. The van der Waals surface area contributed by atoms with Crippen molar-refractivity contribution in [1.82, 2.24) is 0 Å². The van der Waals surface area contributed by atoms with Crippen molar-refractivity contribution >= 4 is 9.84 Å². The summed E-state index contributed by atoms with van der Waals surface area (Å²) in [6.07, 6.45) is 6.36. The van der Waals surface area contributed by atoms with Gasteiger partial charge in [0.1, 0.15) is 0 Å². The van der Waals surface area contributed by atoms with Gasteiger partial charge in [-0.05, 0) is 41.9 Å². The molecule has 0 heterocycles. The van der Waals surface area contributed by atoms with Gasteiger partial charge in [0.15, 0.2) is 9.84 Å². The monoisotopic (exact) mass is 302 g/mol. The lowest BCUT2D eigenvalue weighted by Gasteiger charge is -2.30. The number of hydrogen-bond acceptors (Lipinski definition) is 2. The number of rotatable bonds is 7. The second-order valence-electron chi connectivity index (χ2n) is 8.99. The molecule has 0 N–H and O–H groups in total. The van der Waals surface area contributed by atoms with E-state index in [0.29, 0.717) is 16.9 Å². The van der Waals surface area contributed by atoms with Crippen LogP contribution in [-0.2, 0) is 9.84 Å². The van der Waals surface area contributed by atoms with Crippen LogP contribution in [0.3, 0.4) is 0 Å². The minimum absolute atomic E-state index is 0.0667. The molecular formula is C17H34O2S. The van der Waals surface area contributed by atoms with Gasteiger partial charge in [-0.2, -0.15) is 0 Å². The molecule has 0 unspecified atom stereocenters. The highest BCUT2D eigenvalue weighted by atomic mass is 32.2. The Balaban J connectivity index is 2.33. The van der Waals surface area contributed by atoms with E-state index in [1.165, 1.54) is 6.42 Å². The molecule has 0 aromatic carbocycles. The largest absolute Gasteiger partial charge is 0.229 e. The molecule has 0 atom stereocenters. The molecule has 0 aromatic rings. The van der Waals surface area contributed by atoms with E-state index in [9.17, 15) is 8.42 Å². The van der Waals surface area contributed by atoms with Crippen molar-refractivity contribution in [2.24, 2.45) is 16.2 Å². The molecule has 0 bridgehead atoms. The SMILES string of the molecule is CC(C)(C)CCCCCS(=O)(=O)CC1(C(C)(C)C)CC1. The van der Waals surface area contributed by atoms with E-state index in [1.54, 1.807) is 0 Å². The highest BCUT2D eigenvalue weighted by Crippen LogP contribution is 2.59. The standard InChI is InChI=1S/C17H34O2S/c1-15(2,3)10-8-7-9-13-20(18,19)14-17(11-12-17)16(4,5)6/h7-14H2,1-6H3. The van der Waals surface area contributed by atoms with Gasteiger partial charge in [-0.25, -0.2) is 8.42 Å². The van der Waals surface area contributed by atoms with Gasteiger partial charge in [-0.3, -0.25) is 0 Å². The maximum absolute atomic E-state index is 12.3. The summed E-state index contributed by atoms with van der Waals surface area (Å²) in [5.74, 6) is 0.789. The first-order chi connectivity index (χ1) is 8.87. The third kappa shape index (κ3) is 5.75. The molecule has 1 aliphatic rings. The Labute approximate surface area is 126 Å². The van der Waals surface area contributed by atoms with Gasteiger partial charge in [-0.1, -0.05) is 54.4 Å². The summed E-state index contributed by atoms with van der Waals surface area (Å²) in [5, 5.41) is 0. The fourth-order valence-corrected chi connectivity index (χ4v) is 5.26. The summed E-state index contributed by atoms with van der Waals surface area (Å²) in [6, 6.07) is 0. The van der Waals surface area contributed by atoms with Crippen LogP contribution >= 0.6 is 0 Å². The molecule has 0 amide bonds. The molecular weight excluding hydrogens is 268 g/mol. The Morgan fingerprint density at radius 1 is 0.900 bits per heavy atom. The Morgan fingerprint density at radius 3 is 1.85 bits per heavy atom. The van der Waals surface area contributed by atoms with Crippen molar-refractivity contribution in [1.29, 1.82) is 0 Å². The molecule has 1 saturated carbocycles. The molecule has 0 aromatic heterocycles. The molecule has 2 nitrogen and oxygen atoms in total. The number of hydrogen-bond donors (Lipinski definition) is 0. The predicted octanol–water partition coefficient (Wildman–Crippen LogP) is 4.83. The minimum Gasteiger partial charge on any atom is -0.229 e. The zero-order valence-electron chi connectivity index (χ0n) is 14.4. The lowest BCUT2D eigenvalue weighted by atomic mass is 9.79. The first kappa shape index (κ1) is 18.0. The van der Waals surface area contributed by atoms with Crippen LogP contribution in [-0.4, -0.2) is 19.9 Å². The highest BCUT2D eigenvalue weighted by molar-refractivity contribution is 7.91. The molecule has 120 valence electrons. The first-order valence-electron chi connectivity index (χ1n) is 8.07. The fourth-order valence-electron chi connectivity index (χ4n) is 2.91. The third-order valence-electron chi connectivity index (χ3n) is 4.82. The molecule has 20 heavy (non-hydrogen) atoms. The van der Waals surface area contributed by atoms with Crippen molar-refractivity contribution < 1.29 is 8.42 Å². The molecule has 3 heteroatoms. The van der Waals surface area contributed by atoms with Crippen LogP contribution in [0, 0.1) is 16.2 Å². The smallest absolute Gasteiger partial charge is 0.150 e. The first-order valence-corrected chi connectivity index (χ1v) is 9.90. The van der Waals surface area contributed by atoms with Gasteiger partial charge in [0.25, 0.3) is 0 Å². The summed E-state index contributed by atoms with van der Waals surface area (Å²) >= 11 is 0. The van der Waals surface area contributed by atoms with Gasteiger partial charge in [0, 0.05) is 0 Å². The molecule has 1 fully saturated rings. The normalized spacial score (nSPS) is 19.1. The van der Waals surface area contributed by atoms with Crippen LogP contribution < -0.4 is 0 Å². The Morgan fingerprint density at radius 2 is 1.45 bits per heavy atom. The lowest BCUT2D eigenvalue weighted by molar-refractivity contribution is 0.239. The van der Waals surface area contributed by atoms with E-state index < -0.39 is 9.84 Å². The summed E-state index contributed by atoms with van der Waals surface area (Å²) in [4.78, 5) is 0. The van der Waals surface area contributed by atoms with Crippen molar-refractivity contribution in [2.45, 2.75) is 80.1 Å². The van der Waals surface area contributed by atoms with Crippen molar-refractivity contribution in [3.05, 3.63) is 0 Å². The second-order valence-corrected chi connectivity index (χ2v) is 11.2. The van der Waals surface area contributed by atoms with Crippen LogP contribution in [0.2, 0.25) is 0 Å². The summed E-state index contributed by atoms with van der Waals surface area (Å²) in [5.41, 5.74) is 0.548. The van der Waals surface area contributed by atoms with Gasteiger partial charge >= 0.3 is 0 Å². The van der Waals surface area contributed by atoms with E-state index in [-0.39, 0.29) is 10.8 Å². The van der Waals surface area contributed by atoms with Gasteiger partial charge in [0.2, 0.25) is 0 Å². The minimum atomic E-state index is -2.88. The molecule has 0 aliphatic heterocycles. The second kappa shape index (κ2) is 5.98. The van der Waals surface area contributed by atoms with Crippen LogP contribution in [0.15, 0.2) is 0 Å². The highest BCUT2D eigenvalue weighted by Gasteiger charge is 2.53. The van der Waals surface area contributed by atoms with Crippen molar-refractivity contribution in [3.63, 3.8) is 0 Å². The van der Waals surface area contributed by atoms with Gasteiger partial charge < -0.3 is 0 Å². The van der Waals surface area contributed by atoms with Crippen molar-refractivity contribution in [2.75, 3.05) is 11.5 Å². The maximum atomic E-state index is 12.3. The Hall–Kier alpha value is -0.0500. The maximum Gasteiger partial charge on any atom is 0.150 e. The quantitative estimate of drug-likeness (QED) is 0.631. The van der Waals surface area contributed by atoms with Crippen LogP contribution in [0.5, 0.6) is 0 Å². The van der Waals surface area contributed by atoms with E-state index in [4.69, 9.17) is 0 Å². The Bertz CT molecular complexity index is 403. The van der Waals surface area contributed by atoms with Crippen molar-refractivity contribution in [3.8, 4) is 0 Å². The zero-order valence-corrected chi connectivity index (χ0v) is 15.2. The summed E-state index contributed by atoms with van der Waals surface area (Å²) in [6.45, 7) is 13.3. The van der Waals surface area contributed by atoms with Crippen LogP contribution in [0.1, 0.15) is 80.1 Å². The summed E-state index contributed by atoms with van der Waals surface area (Å²) < 4.78 is 24.6. The molecule has 0 saturated heterocycles. The molecule has 1 rings (SSSR count). The molecule has 0 radical (unpaired) electrons. The number of sulfone groups is 1. The van der Waals surface area contributed by atoms with E-state index in [0.717, 1.165) is 32.1 Å². The van der Waals surface area contributed by atoms with Crippen LogP contribution in [0.4, 0.5) is 0 Å². The topological polar surface area (TPSA) is 34.1 Å². The molecule has 1 aliphatic carbocycles.